The van der Waals surface area contributed by atoms with Crippen molar-refractivity contribution in [2.24, 2.45) is 5.92 Å². The maximum atomic E-state index is 14.0. The topological polar surface area (TPSA) is 41.6 Å². The quantitative estimate of drug-likeness (QED) is 0.290. The van der Waals surface area contributed by atoms with Gasteiger partial charge in [0.05, 0.1) is 11.0 Å². The number of halogens is 4. The van der Waals surface area contributed by atoms with Crippen molar-refractivity contribution in [1.29, 1.82) is 0 Å². The van der Waals surface area contributed by atoms with Crippen LogP contribution in [-0.4, -0.2) is 15.0 Å². The van der Waals surface area contributed by atoms with Crippen LogP contribution < -0.4 is 0 Å². The second kappa shape index (κ2) is 7.62. The maximum absolute atomic E-state index is 14.0. The molecule has 0 bridgehead atoms. The Labute approximate surface area is 176 Å². The molecule has 0 spiro atoms. The molecule has 7 heteroatoms. The van der Waals surface area contributed by atoms with Gasteiger partial charge in [0.2, 0.25) is 0 Å². The number of fused-ring (bicyclic) bond motifs is 2. The number of nitrogens with one attached hydrogen (secondary N) is 1. The van der Waals surface area contributed by atoms with Crippen LogP contribution in [0.5, 0.6) is 0 Å². The van der Waals surface area contributed by atoms with Gasteiger partial charge in [0, 0.05) is 23.6 Å². The predicted octanol–water partition coefficient (Wildman–Crippen LogP) is 6.75. The highest BCUT2D eigenvalue weighted by atomic mass is 19.2. The Morgan fingerprint density at radius 1 is 0.968 bits per heavy atom. The standard InChI is InChI=1S/C24H21F4N3/c1-12(24-30-20-11-18(26)21(27)22(28)23(20)31-24)13-2-4-14(5-3-13)16-8-9-29-19-7-6-15(25)10-17(16)19/h6-14H,2-5H2,1H3,(H,30,31)/t12-,13?,14?/m1/s1. The molecule has 160 valence electrons. The van der Waals surface area contributed by atoms with Crippen LogP contribution in [-0.2, 0) is 0 Å². The SMILES string of the molecule is C[C@@H](c1nc2c(F)c(F)c(F)cc2[nH]1)C1CCC(c2ccnc3ccc(F)cc23)CC1. The minimum Gasteiger partial charge on any atom is -0.342 e. The molecule has 4 aromatic rings. The Morgan fingerprint density at radius 2 is 1.74 bits per heavy atom. The molecule has 1 fully saturated rings. The van der Waals surface area contributed by atoms with Gasteiger partial charge in [0.25, 0.3) is 0 Å². The number of aromatic nitrogens is 3. The van der Waals surface area contributed by atoms with E-state index in [4.69, 9.17) is 0 Å². The largest absolute Gasteiger partial charge is 0.342 e. The first-order valence-electron chi connectivity index (χ1n) is 10.5. The number of hydrogen-bond acceptors (Lipinski definition) is 2. The molecule has 0 unspecified atom stereocenters. The van der Waals surface area contributed by atoms with Crippen LogP contribution in [0, 0.1) is 29.2 Å². The van der Waals surface area contributed by atoms with Gasteiger partial charge in [-0.15, -0.1) is 0 Å². The third-order valence-electron chi connectivity index (χ3n) is 6.72. The zero-order valence-electron chi connectivity index (χ0n) is 16.9. The van der Waals surface area contributed by atoms with E-state index in [1.807, 2.05) is 13.0 Å². The lowest BCUT2D eigenvalue weighted by molar-refractivity contribution is 0.286. The Morgan fingerprint density at radius 3 is 2.52 bits per heavy atom. The number of aromatic amines is 1. The Hall–Kier alpha value is -2.96. The lowest BCUT2D eigenvalue weighted by Crippen LogP contribution is -2.19. The van der Waals surface area contributed by atoms with Crippen LogP contribution in [0.25, 0.3) is 21.9 Å². The third kappa shape index (κ3) is 3.46. The summed E-state index contributed by atoms with van der Waals surface area (Å²) in [5.74, 6) is -3.11. The Bertz CT molecular complexity index is 1280. The van der Waals surface area contributed by atoms with E-state index < -0.39 is 17.5 Å². The van der Waals surface area contributed by atoms with Gasteiger partial charge in [-0.25, -0.2) is 22.5 Å². The fourth-order valence-corrected chi connectivity index (χ4v) is 4.94. The van der Waals surface area contributed by atoms with Gasteiger partial charge in [0.1, 0.15) is 17.2 Å². The van der Waals surface area contributed by atoms with E-state index in [1.165, 1.54) is 6.07 Å². The number of H-pyrrole nitrogens is 1. The van der Waals surface area contributed by atoms with Crippen LogP contribution in [0.15, 0.2) is 36.5 Å². The molecule has 3 nitrogen and oxygen atoms in total. The van der Waals surface area contributed by atoms with E-state index >= 15 is 0 Å². The van der Waals surface area contributed by atoms with Crippen molar-refractivity contribution in [2.75, 3.05) is 0 Å². The van der Waals surface area contributed by atoms with Gasteiger partial charge in [-0.1, -0.05) is 6.92 Å². The molecule has 0 aliphatic heterocycles. The van der Waals surface area contributed by atoms with Gasteiger partial charge in [-0.3, -0.25) is 4.98 Å². The smallest absolute Gasteiger partial charge is 0.196 e. The lowest BCUT2D eigenvalue weighted by Gasteiger charge is -2.32. The first-order chi connectivity index (χ1) is 14.9. The molecule has 2 aromatic heterocycles. The molecule has 1 aliphatic rings. The van der Waals surface area contributed by atoms with Crippen molar-refractivity contribution < 1.29 is 17.6 Å². The molecule has 1 aliphatic carbocycles. The number of hydrogen-bond donors (Lipinski definition) is 1. The Kier molecular flexibility index (Phi) is 4.91. The van der Waals surface area contributed by atoms with Crippen LogP contribution >= 0.6 is 0 Å². The summed E-state index contributed by atoms with van der Waals surface area (Å²) < 4.78 is 54.9. The first kappa shape index (κ1) is 20.0. The highest BCUT2D eigenvalue weighted by molar-refractivity contribution is 5.82. The fraction of sp³-hybridized carbons (Fsp3) is 0.333. The minimum atomic E-state index is -1.50. The van der Waals surface area contributed by atoms with Crippen molar-refractivity contribution in [3.8, 4) is 0 Å². The number of imidazole rings is 1. The number of pyridine rings is 1. The van der Waals surface area contributed by atoms with Gasteiger partial charge < -0.3 is 4.98 Å². The van der Waals surface area contributed by atoms with Crippen LogP contribution in [0.2, 0.25) is 0 Å². The number of benzene rings is 2. The van der Waals surface area contributed by atoms with Crippen molar-refractivity contribution >= 4 is 21.9 Å². The summed E-state index contributed by atoms with van der Waals surface area (Å²) in [4.78, 5) is 11.5. The summed E-state index contributed by atoms with van der Waals surface area (Å²) in [7, 11) is 0. The molecule has 0 radical (unpaired) electrons. The molecule has 2 aromatic carbocycles. The molecule has 5 rings (SSSR count). The third-order valence-corrected chi connectivity index (χ3v) is 6.72. The zero-order chi connectivity index (χ0) is 21.7. The van der Waals surface area contributed by atoms with E-state index in [-0.39, 0.29) is 22.8 Å². The van der Waals surface area contributed by atoms with Gasteiger partial charge in [-0.2, -0.15) is 0 Å². The predicted molar refractivity (Wildman–Crippen MR) is 111 cm³/mol. The van der Waals surface area contributed by atoms with Crippen LogP contribution in [0.4, 0.5) is 17.6 Å². The molecule has 0 amide bonds. The van der Waals surface area contributed by atoms with Gasteiger partial charge >= 0.3 is 0 Å². The molecule has 2 heterocycles. The van der Waals surface area contributed by atoms with E-state index in [2.05, 4.69) is 15.0 Å². The summed E-state index contributed by atoms with van der Waals surface area (Å²) in [6.07, 6.45) is 5.48. The second-order valence-corrected chi connectivity index (χ2v) is 8.47. The maximum Gasteiger partial charge on any atom is 0.196 e. The first-order valence-corrected chi connectivity index (χ1v) is 10.5. The molecule has 0 saturated heterocycles. The zero-order valence-corrected chi connectivity index (χ0v) is 16.9. The van der Waals surface area contributed by atoms with Crippen LogP contribution in [0.3, 0.4) is 0 Å². The summed E-state index contributed by atoms with van der Waals surface area (Å²) in [6, 6.07) is 7.59. The second-order valence-electron chi connectivity index (χ2n) is 8.47. The summed E-state index contributed by atoms with van der Waals surface area (Å²) in [5.41, 5.74) is 1.91. The van der Waals surface area contributed by atoms with Crippen molar-refractivity contribution in [3.63, 3.8) is 0 Å². The minimum absolute atomic E-state index is 0.00880. The molecular weight excluding hydrogens is 406 g/mol. The Balaban J connectivity index is 1.36. The molecule has 1 N–H and O–H groups in total. The molecular formula is C24H21F4N3. The number of nitrogens with zero attached hydrogens (tertiary/aromatic N) is 2. The van der Waals surface area contributed by atoms with Crippen molar-refractivity contribution in [2.45, 2.75) is 44.4 Å². The van der Waals surface area contributed by atoms with Gasteiger partial charge in [-0.05, 0) is 67.3 Å². The summed E-state index contributed by atoms with van der Waals surface area (Å²) in [5, 5.41) is 0.857. The summed E-state index contributed by atoms with van der Waals surface area (Å²) >= 11 is 0. The molecule has 1 saturated carbocycles. The normalized spacial score (nSPS) is 20.4. The fourth-order valence-electron chi connectivity index (χ4n) is 4.94. The van der Waals surface area contributed by atoms with E-state index in [9.17, 15) is 17.6 Å². The average Bonchev–Trinajstić information content (AvgIpc) is 3.21. The van der Waals surface area contributed by atoms with E-state index in [0.717, 1.165) is 48.2 Å². The molecule has 31 heavy (non-hydrogen) atoms. The summed E-state index contributed by atoms with van der Waals surface area (Å²) in [6.45, 7) is 2.00. The van der Waals surface area contributed by atoms with Gasteiger partial charge in [0.15, 0.2) is 17.5 Å². The lowest BCUT2D eigenvalue weighted by atomic mass is 9.73. The monoisotopic (exact) mass is 427 g/mol. The van der Waals surface area contributed by atoms with Crippen LogP contribution in [0.1, 0.15) is 55.8 Å². The van der Waals surface area contributed by atoms with Crippen molar-refractivity contribution in [1.82, 2.24) is 15.0 Å². The highest BCUT2D eigenvalue weighted by Gasteiger charge is 2.30. The highest BCUT2D eigenvalue weighted by Crippen LogP contribution is 2.43. The number of rotatable bonds is 3. The van der Waals surface area contributed by atoms with E-state index in [1.54, 1.807) is 18.3 Å². The van der Waals surface area contributed by atoms with Crippen molar-refractivity contribution in [3.05, 3.63) is 71.2 Å². The average molecular weight is 427 g/mol. The molecule has 1 atom stereocenters. The van der Waals surface area contributed by atoms with E-state index in [0.29, 0.717) is 17.7 Å².